The normalized spacial score (nSPS) is 23.2. The molecule has 0 unspecified atom stereocenters. The van der Waals surface area contributed by atoms with Crippen LogP contribution >= 0.6 is 0 Å². The van der Waals surface area contributed by atoms with Crippen LogP contribution in [-0.4, -0.2) is 18.4 Å². The lowest BCUT2D eigenvalue weighted by Gasteiger charge is -2.42. The Bertz CT molecular complexity index is 1070. The van der Waals surface area contributed by atoms with Crippen LogP contribution in [-0.2, 0) is 22.0 Å². The Hall–Kier alpha value is -2.56. The molecule has 0 bridgehead atoms. The van der Waals surface area contributed by atoms with Crippen LogP contribution in [0.3, 0.4) is 0 Å². The molecule has 5 heteroatoms. The maximum absolute atomic E-state index is 12.7. The van der Waals surface area contributed by atoms with Crippen LogP contribution in [0.25, 0.3) is 0 Å². The van der Waals surface area contributed by atoms with Crippen molar-refractivity contribution in [3.63, 3.8) is 0 Å². The highest BCUT2D eigenvalue weighted by Crippen LogP contribution is 2.46. The highest BCUT2D eigenvalue weighted by Gasteiger charge is 2.37. The van der Waals surface area contributed by atoms with E-state index in [1.807, 2.05) is 6.07 Å². The van der Waals surface area contributed by atoms with Gasteiger partial charge >= 0.3 is 0 Å². The predicted molar refractivity (Wildman–Crippen MR) is 135 cm³/mol. The summed E-state index contributed by atoms with van der Waals surface area (Å²) in [5.74, 6) is 1.17. The Labute approximate surface area is 203 Å². The van der Waals surface area contributed by atoms with Crippen molar-refractivity contribution in [1.29, 1.82) is 0 Å². The second-order valence-corrected chi connectivity index (χ2v) is 11.9. The summed E-state index contributed by atoms with van der Waals surface area (Å²) in [5, 5.41) is 3.01. The van der Waals surface area contributed by atoms with Gasteiger partial charge in [0.15, 0.2) is 5.76 Å². The van der Waals surface area contributed by atoms with Crippen molar-refractivity contribution in [2.24, 2.45) is 17.6 Å². The average Bonchev–Trinajstić information content (AvgIpc) is 3.25. The highest BCUT2D eigenvalue weighted by molar-refractivity contribution is 5.91. The molecule has 5 nitrogen and oxygen atoms in total. The van der Waals surface area contributed by atoms with Crippen LogP contribution in [0.1, 0.15) is 105 Å². The second kappa shape index (κ2) is 9.24. The number of hydrogen-bond donors (Lipinski definition) is 2. The molecule has 0 spiro atoms. The zero-order chi connectivity index (χ0) is 24.7. The van der Waals surface area contributed by atoms with E-state index in [0.717, 1.165) is 31.4 Å². The lowest BCUT2D eigenvalue weighted by Crippen LogP contribution is -2.34. The number of aryl methyl sites for hydroxylation is 1. The number of carbonyl (C=O) groups is 2. The Morgan fingerprint density at radius 2 is 1.62 bits per heavy atom. The summed E-state index contributed by atoms with van der Waals surface area (Å²) in [6.07, 6.45) is 6.54. The van der Waals surface area contributed by atoms with Gasteiger partial charge in [0.1, 0.15) is 5.76 Å². The number of benzene rings is 1. The molecule has 0 atom stereocenters. The van der Waals surface area contributed by atoms with Crippen LogP contribution in [0.15, 0.2) is 28.7 Å². The van der Waals surface area contributed by atoms with Crippen LogP contribution in [0.5, 0.6) is 0 Å². The number of fused-ring (bicyclic) bond motifs is 1. The quantitative estimate of drug-likeness (QED) is 0.588. The largest absolute Gasteiger partial charge is 0.456 e. The second-order valence-electron chi connectivity index (χ2n) is 11.9. The first-order chi connectivity index (χ1) is 16.0. The van der Waals surface area contributed by atoms with Gasteiger partial charge in [-0.25, -0.2) is 0 Å². The fraction of sp³-hybridized carbons (Fsp3) is 0.586. The molecule has 1 aromatic heterocycles. The third-order valence-corrected chi connectivity index (χ3v) is 8.36. The standard InChI is InChI=1S/C29H40N2O3/c1-18-14-23-24(29(4,5)13-12-28(23,2)3)16-21(18)15-22-10-11-25(34-22)27(33)31-17-19-6-8-20(9-7-19)26(30)32/h10-11,14,16,19-20H,6-9,12-13,15,17H2,1-5H3,(H2,30,32)(H,31,33). The molecule has 3 N–H and O–H groups in total. The number of nitrogens with one attached hydrogen (secondary N) is 1. The van der Waals surface area contributed by atoms with Gasteiger partial charge in [-0.05, 0) is 96.6 Å². The summed E-state index contributed by atoms with van der Waals surface area (Å²) >= 11 is 0. The van der Waals surface area contributed by atoms with Crippen molar-refractivity contribution in [2.45, 2.75) is 90.4 Å². The van der Waals surface area contributed by atoms with Crippen LogP contribution < -0.4 is 11.1 Å². The Morgan fingerprint density at radius 3 is 2.24 bits per heavy atom. The first-order valence-corrected chi connectivity index (χ1v) is 12.8. The first kappa shape index (κ1) is 24.6. The van der Waals surface area contributed by atoms with E-state index in [9.17, 15) is 9.59 Å². The van der Waals surface area contributed by atoms with Crippen molar-refractivity contribution < 1.29 is 14.0 Å². The van der Waals surface area contributed by atoms with E-state index in [1.54, 1.807) is 6.07 Å². The van der Waals surface area contributed by atoms with E-state index in [4.69, 9.17) is 10.2 Å². The predicted octanol–water partition coefficient (Wildman–Crippen LogP) is 5.55. The molecule has 1 fully saturated rings. The summed E-state index contributed by atoms with van der Waals surface area (Å²) in [4.78, 5) is 24.0. The topological polar surface area (TPSA) is 85.3 Å². The molecule has 2 amide bonds. The summed E-state index contributed by atoms with van der Waals surface area (Å²) < 4.78 is 5.96. The van der Waals surface area contributed by atoms with Gasteiger partial charge in [-0.3, -0.25) is 9.59 Å². The SMILES string of the molecule is Cc1cc2c(cc1Cc1ccc(C(=O)NCC3CCC(C(N)=O)CC3)o1)C(C)(C)CCC2(C)C. The van der Waals surface area contributed by atoms with E-state index in [1.165, 1.54) is 35.1 Å². The summed E-state index contributed by atoms with van der Waals surface area (Å²) in [5.41, 5.74) is 11.2. The summed E-state index contributed by atoms with van der Waals surface area (Å²) in [6, 6.07) is 8.43. The lowest BCUT2D eigenvalue weighted by atomic mass is 9.62. The molecule has 2 aliphatic rings. The van der Waals surface area contributed by atoms with Crippen LogP contribution in [0, 0.1) is 18.8 Å². The van der Waals surface area contributed by atoms with Crippen molar-refractivity contribution in [2.75, 3.05) is 6.54 Å². The van der Waals surface area contributed by atoms with Gasteiger partial charge in [0.2, 0.25) is 5.91 Å². The van der Waals surface area contributed by atoms with Crippen LogP contribution in [0.4, 0.5) is 0 Å². The number of amides is 2. The Kier molecular flexibility index (Phi) is 6.67. The number of furan rings is 1. The molecule has 1 heterocycles. The molecule has 0 saturated heterocycles. The van der Waals surface area contributed by atoms with Crippen molar-refractivity contribution in [1.82, 2.24) is 5.32 Å². The molecule has 1 aromatic carbocycles. The zero-order valence-corrected chi connectivity index (χ0v) is 21.4. The minimum absolute atomic E-state index is 0.0109. The van der Waals surface area contributed by atoms with Gasteiger partial charge in [-0.1, -0.05) is 39.8 Å². The van der Waals surface area contributed by atoms with E-state index in [2.05, 4.69) is 52.1 Å². The fourth-order valence-electron chi connectivity index (χ4n) is 5.72. The third-order valence-electron chi connectivity index (χ3n) is 8.36. The minimum atomic E-state index is -0.202. The third kappa shape index (κ3) is 5.08. The molecule has 34 heavy (non-hydrogen) atoms. The van der Waals surface area contributed by atoms with Crippen LogP contribution in [0.2, 0.25) is 0 Å². The van der Waals surface area contributed by atoms with Gasteiger partial charge in [-0.2, -0.15) is 0 Å². The van der Waals surface area contributed by atoms with Gasteiger partial charge in [0.05, 0.1) is 0 Å². The fourth-order valence-corrected chi connectivity index (χ4v) is 5.72. The number of nitrogens with two attached hydrogens (primary N) is 1. The van der Waals surface area contributed by atoms with Crippen molar-refractivity contribution in [3.8, 4) is 0 Å². The maximum atomic E-state index is 12.7. The van der Waals surface area contributed by atoms with E-state index in [0.29, 0.717) is 24.6 Å². The minimum Gasteiger partial charge on any atom is -0.456 e. The zero-order valence-electron chi connectivity index (χ0n) is 21.4. The summed E-state index contributed by atoms with van der Waals surface area (Å²) in [7, 11) is 0. The van der Waals surface area contributed by atoms with Crippen molar-refractivity contribution >= 4 is 11.8 Å². The molecule has 2 aliphatic carbocycles. The monoisotopic (exact) mass is 464 g/mol. The smallest absolute Gasteiger partial charge is 0.287 e. The number of hydrogen-bond acceptors (Lipinski definition) is 3. The van der Waals surface area contributed by atoms with Crippen molar-refractivity contribution in [3.05, 3.63) is 58.0 Å². The highest BCUT2D eigenvalue weighted by atomic mass is 16.3. The number of rotatable bonds is 6. The van der Waals surface area contributed by atoms with E-state index >= 15 is 0 Å². The first-order valence-electron chi connectivity index (χ1n) is 12.8. The van der Waals surface area contributed by atoms with E-state index < -0.39 is 0 Å². The summed E-state index contributed by atoms with van der Waals surface area (Å²) in [6.45, 7) is 12.2. The number of primary amides is 1. The molecule has 4 rings (SSSR count). The van der Waals surface area contributed by atoms with Gasteiger partial charge in [0.25, 0.3) is 5.91 Å². The molecular weight excluding hydrogens is 424 g/mol. The average molecular weight is 465 g/mol. The molecule has 1 saturated carbocycles. The lowest BCUT2D eigenvalue weighted by molar-refractivity contribution is -0.122. The Balaban J connectivity index is 1.40. The molecule has 0 aliphatic heterocycles. The molecule has 2 aromatic rings. The Morgan fingerprint density at radius 1 is 1.00 bits per heavy atom. The van der Waals surface area contributed by atoms with E-state index in [-0.39, 0.29) is 28.6 Å². The molecular formula is C29H40N2O3. The molecule has 0 radical (unpaired) electrons. The maximum Gasteiger partial charge on any atom is 0.287 e. The molecule has 184 valence electrons. The van der Waals surface area contributed by atoms with Gasteiger partial charge in [0, 0.05) is 18.9 Å². The number of carbonyl (C=O) groups excluding carboxylic acids is 2. The van der Waals surface area contributed by atoms with Gasteiger partial charge in [-0.15, -0.1) is 0 Å². The van der Waals surface area contributed by atoms with Gasteiger partial charge < -0.3 is 15.5 Å².